The molecule has 5 heteroatoms. The Balaban J connectivity index is 1.64. The van der Waals surface area contributed by atoms with Crippen LogP contribution in [0.3, 0.4) is 0 Å². The second kappa shape index (κ2) is 6.14. The quantitative estimate of drug-likeness (QED) is 0.793. The van der Waals surface area contributed by atoms with E-state index in [1.165, 1.54) is 18.9 Å². The number of H-pyrrole nitrogens is 1. The SMILES string of the molecule is C=C(/C=C(NC1CCC2CC21)\C(F)=C/C)c1n[nH]c2ncc(C)cc12. The van der Waals surface area contributed by atoms with Crippen molar-refractivity contribution in [2.45, 2.75) is 39.2 Å². The third kappa shape index (κ3) is 2.99. The Bertz CT molecular complexity index is 892. The number of hydrogen-bond acceptors (Lipinski definition) is 3. The Morgan fingerprint density at radius 1 is 1.44 bits per heavy atom. The molecule has 2 aliphatic carbocycles. The van der Waals surface area contributed by atoms with E-state index in [-0.39, 0.29) is 5.83 Å². The van der Waals surface area contributed by atoms with E-state index in [0.717, 1.165) is 23.3 Å². The van der Waals surface area contributed by atoms with Crippen molar-refractivity contribution >= 4 is 16.6 Å². The number of pyridine rings is 1. The van der Waals surface area contributed by atoms with Gasteiger partial charge < -0.3 is 5.32 Å². The molecule has 0 bridgehead atoms. The summed E-state index contributed by atoms with van der Waals surface area (Å²) >= 11 is 0. The maximum Gasteiger partial charge on any atom is 0.155 e. The molecule has 3 atom stereocenters. The molecule has 0 aromatic carbocycles. The number of allylic oxidation sites excluding steroid dienone is 4. The number of halogens is 1. The van der Waals surface area contributed by atoms with Gasteiger partial charge in [-0.05, 0) is 74.3 Å². The van der Waals surface area contributed by atoms with Crippen LogP contribution < -0.4 is 5.32 Å². The van der Waals surface area contributed by atoms with E-state index in [2.05, 4.69) is 27.1 Å². The summed E-state index contributed by atoms with van der Waals surface area (Å²) in [4.78, 5) is 4.33. The molecule has 2 aromatic heterocycles. The number of fused-ring (bicyclic) bond motifs is 2. The number of aryl methyl sites for hydroxylation is 1. The number of nitrogens with one attached hydrogen (secondary N) is 2. The van der Waals surface area contributed by atoms with Crippen molar-refractivity contribution in [3.8, 4) is 0 Å². The van der Waals surface area contributed by atoms with Gasteiger partial charge in [-0.3, -0.25) is 5.10 Å². The first-order valence-corrected chi connectivity index (χ1v) is 8.87. The highest BCUT2D eigenvalue weighted by molar-refractivity contribution is 5.90. The summed E-state index contributed by atoms with van der Waals surface area (Å²) in [5.74, 6) is 1.30. The van der Waals surface area contributed by atoms with E-state index >= 15 is 0 Å². The fourth-order valence-corrected chi connectivity index (χ4v) is 3.91. The molecular weight excluding hydrogens is 315 g/mol. The Morgan fingerprint density at radius 2 is 2.28 bits per heavy atom. The van der Waals surface area contributed by atoms with Crippen LogP contribution in [0.1, 0.15) is 37.4 Å². The predicted molar refractivity (Wildman–Crippen MR) is 98.4 cm³/mol. The molecule has 2 aliphatic rings. The largest absolute Gasteiger partial charge is 0.380 e. The lowest BCUT2D eigenvalue weighted by Gasteiger charge is -2.18. The zero-order chi connectivity index (χ0) is 17.6. The standard InChI is InChI=1S/C20H23FN4/c1-4-16(21)18(23-17-6-5-13-9-14(13)17)8-12(3)19-15-7-11(2)10-22-20(15)25-24-19/h4,7-8,10,13-14,17,23H,3,5-6,9H2,1-2H3,(H,22,24,25)/b16-4+,18-8+. The molecule has 4 nitrogen and oxygen atoms in total. The van der Waals surface area contributed by atoms with Crippen LogP contribution in [0, 0.1) is 18.8 Å². The summed E-state index contributed by atoms with van der Waals surface area (Å²) in [6.45, 7) is 7.81. The van der Waals surface area contributed by atoms with Gasteiger partial charge in [0.25, 0.3) is 0 Å². The smallest absolute Gasteiger partial charge is 0.155 e. The molecule has 2 fully saturated rings. The van der Waals surface area contributed by atoms with Crippen molar-refractivity contribution in [1.82, 2.24) is 20.5 Å². The van der Waals surface area contributed by atoms with Gasteiger partial charge in [0.15, 0.2) is 5.65 Å². The van der Waals surface area contributed by atoms with Crippen LogP contribution in [0.4, 0.5) is 4.39 Å². The highest BCUT2D eigenvalue weighted by Gasteiger charge is 2.48. The van der Waals surface area contributed by atoms with E-state index in [0.29, 0.717) is 34.6 Å². The van der Waals surface area contributed by atoms with Gasteiger partial charge in [0.1, 0.15) is 11.5 Å². The van der Waals surface area contributed by atoms with Gasteiger partial charge >= 0.3 is 0 Å². The maximum atomic E-state index is 14.4. The minimum absolute atomic E-state index is 0.251. The van der Waals surface area contributed by atoms with Gasteiger partial charge in [-0.1, -0.05) is 6.58 Å². The van der Waals surface area contributed by atoms with E-state index < -0.39 is 0 Å². The van der Waals surface area contributed by atoms with Crippen LogP contribution in [0.2, 0.25) is 0 Å². The molecular formula is C20H23FN4. The second-order valence-corrected chi connectivity index (χ2v) is 7.19. The summed E-state index contributed by atoms with van der Waals surface area (Å²) in [6, 6.07) is 2.39. The van der Waals surface area contributed by atoms with Crippen molar-refractivity contribution in [3.63, 3.8) is 0 Å². The highest BCUT2D eigenvalue weighted by atomic mass is 19.1. The summed E-state index contributed by atoms with van der Waals surface area (Å²) in [5.41, 5.74) is 3.65. The lowest BCUT2D eigenvalue weighted by molar-refractivity contribution is 0.504. The molecule has 2 heterocycles. The molecule has 130 valence electrons. The van der Waals surface area contributed by atoms with Crippen LogP contribution in [0.15, 0.2) is 42.5 Å². The Kier molecular flexibility index (Phi) is 3.94. The number of hydrogen-bond donors (Lipinski definition) is 2. The predicted octanol–water partition coefficient (Wildman–Crippen LogP) is 4.42. The van der Waals surface area contributed by atoms with Crippen LogP contribution >= 0.6 is 0 Å². The molecule has 3 unspecified atom stereocenters. The molecule has 25 heavy (non-hydrogen) atoms. The average Bonchev–Trinajstić information content (AvgIpc) is 3.10. The molecule has 0 saturated heterocycles. The first kappa shape index (κ1) is 16.1. The normalized spacial score (nSPS) is 26.0. The minimum Gasteiger partial charge on any atom is -0.380 e. The van der Waals surface area contributed by atoms with Crippen molar-refractivity contribution in [2.24, 2.45) is 11.8 Å². The summed E-state index contributed by atoms with van der Waals surface area (Å²) in [5, 5.41) is 11.6. The summed E-state index contributed by atoms with van der Waals surface area (Å²) in [6.07, 6.45) is 8.69. The summed E-state index contributed by atoms with van der Waals surface area (Å²) < 4.78 is 14.4. The molecule has 0 aliphatic heterocycles. The van der Waals surface area contributed by atoms with E-state index in [4.69, 9.17) is 0 Å². The van der Waals surface area contributed by atoms with Crippen LogP contribution in [-0.2, 0) is 0 Å². The van der Waals surface area contributed by atoms with Gasteiger partial charge in [0.2, 0.25) is 0 Å². The summed E-state index contributed by atoms with van der Waals surface area (Å²) in [7, 11) is 0. The van der Waals surface area contributed by atoms with Gasteiger partial charge in [-0.15, -0.1) is 0 Å². The third-order valence-electron chi connectivity index (χ3n) is 5.37. The average molecular weight is 338 g/mol. The van der Waals surface area contributed by atoms with Crippen molar-refractivity contribution in [3.05, 3.63) is 53.8 Å². The van der Waals surface area contributed by atoms with E-state index in [9.17, 15) is 4.39 Å². The first-order chi connectivity index (χ1) is 12.1. The van der Waals surface area contributed by atoms with E-state index in [1.54, 1.807) is 19.2 Å². The van der Waals surface area contributed by atoms with Crippen LogP contribution in [0.5, 0.6) is 0 Å². The highest BCUT2D eigenvalue weighted by Crippen LogP contribution is 2.52. The van der Waals surface area contributed by atoms with Crippen molar-refractivity contribution in [1.29, 1.82) is 0 Å². The topological polar surface area (TPSA) is 53.6 Å². The molecule has 2 aromatic rings. The minimum atomic E-state index is -0.251. The number of aromatic amines is 1. The molecule has 4 rings (SSSR count). The van der Waals surface area contributed by atoms with Crippen molar-refractivity contribution < 1.29 is 4.39 Å². The van der Waals surface area contributed by atoms with Crippen molar-refractivity contribution in [2.75, 3.05) is 0 Å². The number of nitrogens with zero attached hydrogens (tertiary/aromatic N) is 2. The van der Waals surface area contributed by atoms with Gasteiger partial charge in [0.05, 0.1) is 5.70 Å². The van der Waals surface area contributed by atoms with E-state index in [1.807, 2.05) is 13.0 Å². The molecule has 2 saturated carbocycles. The fraction of sp³-hybridized carbons (Fsp3) is 0.400. The van der Waals surface area contributed by atoms with Gasteiger partial charge in [0, 0.05) is 17.6 Å². The molecule has 2 N–H and O–H groups in total. The Hall–Kier alpha value is -2.43. The molecule has 0 radical (unpaired) electrons. The van der Waals surface area contributed by atoms with Gasteiger partial charge in [-0.25, -0.2) is 9.37 Å². The van der Waals surface area contributed by atoms with Crippen LogP contribution in [-0.4, -0.2) is 21.2 Å². The molecule has 0 spiro atoms. The Labute approximate surface area is 146 Å². The first-order valence-electron chi connectivity index (χ1n) is 8.87. The zero-order valence-electron chi connectivity index (χ0n) is 14.6. The Morgan fingerprint density at radius 3 is 2.96 bits per heavy atom. The molecule has 0 amide bonds. The zero-order valence-corrected chi connectivity index (χ0v) is 14.6. The fourth-order valence-electron chi connectivity index (χ4n) is 3.91. The number of aromatic nitrogens is 3. The lowest BCUT2D eigenvalue weighted by Crippen LogP contribution is -2.28. The second-order valence-electron chi connectivity index (χ2n) is 7.19. The third-order valence-corrected chi connectivity index (χ3v) is 5.37. The monoisotopic (exact) mass is 338 g/mol. The van der Waals surface area contributed by atoms with Gasteiger partial charge in [-0.2, -0.15) is 5.10 Å². The maximum absolute atomic E-state index is 14.4. The van der Waals surface area contributed by atoms with Crippen LogP contribution in [0.25, 0.3) is 16.6 Å². The lowest BCUT2D eigenvalue weighted by atomic mass is 10.1. The number of rotatable bonds is 5.